The van der Waals surface area contributed by atoms with E-state index in [1.807, 2.05) is 14.0 Å². The van der Waals surface area contributed by atoms with Crippen molar-refractivity contribution in [2.45, 2.75) is 51.5 Å². The molecule has 1 rings (SSSR count). The molecule has 4 N–H and O–H groups in total. The molecule has 1 heterocycles. The van der Waals surface area contributed by atoms with Crippen LogP contribution >= 0.6 is 0 Å². The Bertz CT molecular complexity index is 408. The largest absolute Gasteiger partial charge is 0.329 e. The molecule has 24 heavy (non-hydrogen) atoms. The van der Waals surface area contributed by atoms with Crippen LogP contribution in [0.4, 0.5) is 0 Å². The van der Waals surface area contributed by atoms with Crippen LogP contribution in [0.2, 0.25) is 0 Å². The van der Waals surface area contributed by atoms with E-state index >= 15 is 0 Å². The molecule has 0 aliphatic carbocycles. The second kappa shape index (κ2) is 11.6. The lowest BCUT2D eigenvalue weighted by Gasteiger charge is -2.33. The quantitative estimate of drug-likeness (QED) is 0.397. The van der Waals surface area contributed by atoms with Gasteiger partial charge in [-0.25, -0.2) is 0 Å². The molecule has 0 aromatic heterocycles. The highest BCUT2D eigenvalue weighted by molar-refractivity contribution is 5.07. The van der Waals surface area contributed by atoms with E-state index in [0.717, 1.165) is 38.9 Å². The van der Waals surface area contributed by atoms with Crippen LogP contribution in [0.15, 0.2) is 11.6 Å². The number of nitrogens with one attached hydrogen (secondary N) is 2. The zero-order chi connectivity index (χ0) is 17.8. The van der Waals surface area contributed by atoms with E-state index in [-0.39, 0.29) is 11.5 Å². The fourth-order valence-electron chi connectivity index (χ4n) is 3.20. The van der Waals surface area contributed by atoms with E-state index in [9.17, 15) is 0 Å². The van der Waals surface area contributed by atoms with Gasteiger partial charge in [0.25, 0.3) is 0 Å². The highest BCUT2D eigenvalue weighted by Gasteiger charge is 2.26. The zero-order valence-electron chi connectivity index (χ0n) is 15.9. The zero-order valence-corrected chi connectivity index (χ0v) is 15.9. The maximum absolute atomic E-state index is 8.85. The van der Waals surface area contributed by atoms with Gasteiger partial charge < -0.3 is 21.3 Å². The smallest absolute Gasteiger partial charge is 0.0653 e. The summed E-state index contributed by atoms with van der Waals surface area (Å²) in [7, 11) is 2.01. The second-order valence-electron chi connectivity index (χ2n) is 7.07. The topological polar surface area (TPSA) is 77.1 Å². The van der Waals surface area contributed by atoms with Crippen LogP contribution in [-0.4, -0.2) is 56.8 Å². The standard InChI is InChI=1S/C19H37N5/c1-4-24-12-5-6-18(9-13-24)7-10-19(15-21,22-3)16-23-11-8-17(2)14-20/h6,17,22-23H,4-5,7-13,15-16,21H2,1-3H3. The summed E-state index contributed by atoms with van der Waals surface area (Å²) in [6, 6.07) is 2.28. The van der Waals surface area contributed by atoms with Crippen LogP contribution in [0.25, 0.3) is 0 Å². The van der Waals surface area contributed by atoms with Crippen LogP contribution in [0, 0.1) is 17.2 Å². The van der Waals surface area contributed by atoms with Crippen LogP contribution in [-0.2, 0) is 0 Å². The molecule has 5 nitrogen and oxygen atoms in total. The SMILES string of the molecule is CCN1CCC=C(CCC(CN)(CNCCC(C)C#N)NC)CC1. The number of likely N-dealkylation sites (N-methyl/N-ethyl adjacent to an activating group) is 1. The van der Waals surface area contributed by atoms with Crippen molar-refractivity contribution in [2.24, 2.45) is 11.7 Å². The number of rotatable bonds is 11. The molecule has 0 bridgehead atoms. The summed E-state index contributed by atoms with van der Waals surface area (Å²) in [6.45, 7) is 10.1. The summed E-state index contributed by atoms with van der Waals surface area (Å²) >= 11 is 0. The maximum atomic E-state index is 8.85. The minimum atomic E-state index is -0.0620. The Balaban J connectivity index is 2.44. The van der Waals surface area contributed by atoms with Crippen molar-refractivity contribution in [2.75, 3.05) is 46.3 Å². The van der Waals surface area contributed by atoms with Crippen molar-refractivity contribution < 1.29 is 0 Å². The average molecular weight is 336 g/mol. The second-order valence-corrected chi connectivity index (χ2v) is 7.07. The molecule has 0 radical (unpaired) electrons. The molecule has 0 fully saturated rings. The van der Waals surface area contributed by atoms with Crippen molar-refractivity contribution in [1.82, 2.24) is 15.5 Å². The molecule has 2 atom stereocenters. The summed E-state index contributed by atoms with van der Waals surface area (Å²) in [5, 5.41) is 15.8. The summed E-state index contributed by atoms with van der Waals surface area (Å²) in [6.07, 6.45) is 7.85. The minimum absolute atomic E-state index is 0.0620. The van der Waals surface area contributed by atoms with Crippen LogP contribution in [0.5, 0.6) is 0 Å². The molecule has 5 heteroatoms. The first-order valence-electron chi connectivity index (χ1n) is 9.48. The normalized spacial score (nSPS) is 19.9. The predicted octanol–water partition coefficient (Wildman–Crippen LogP) is 1.86. The van der Waals surface area contributed by atoms with Gasteiger partial charge in [-0.2, -0.15) is 5.26 Å². The van der Waals surface area contributed by atoms with Crippen molar-refractivity contribution >= 4 is 0 Å². The van der Waals surface area contributed by atoms with E-state index in [2.05, 4.69) is 34.6 Å². The van der Waals surface area contributed by atoms with Gasteiger partial charge in [0, 0.05) is 37.6 Å². The minimum Gasteiger partial charge on any atom is -0.329 e. The van der Waals surface area contributed by atoms with Gasteiger partial charge in [0.15, 0.2) is 0 Å². The molecule has 0 aromatic carbocycles. The van der Waals surface area contributed by atoms with E-state index in [1.54, 1.807) is 5.57 Å². The number of hydrogen-bond acceptors (Lipinski definition) is 5. The van der Waals surface area contributed by atoms with E-state index in [1.165, 1.54) is 25.9 Å². The lowest BCUT2D eigenvalue weighted by Crippen LogP contribution is -2.56. The third-order valence-electron chi connectivity index (χ3n) is 5.36. The molecule has 1 aliphatic rings. The number of nitrogens with two attached hydrogens (primary N) is 1. The van der Waals surface area contributed by atoms with Crippen molar-refractivity contribution in [3.8, 4) is 6.07 Å². The average Bonchev–Trinajstić information content (AvgIpc) is 2.86. The Hall–Kier alpha value is -0.930. The Morgan fingerprint density at radius 3 is 2.88 bits per heavy atom. The maximum Gasteiger partial charge on any atom is 0.0653 e. The third-order valence-corrected chi connectivity index (χ3v) is 5.36. The first kappa shape index (κ1) is 21.1. The Morgan fingerprint density at radius 2 is 2.25 bits per heavy atom. The monoisotopic (exact) mass is 335 g/mol. The van der Waals surface area contributed by atoms with Gasteiger partial charge in [0.2, 0.25) is 0 Å². The first-order valence-corrected chi connectivity index (χ1v) is 9.48. The first-order chi connectivity index (χ1) is 11.6. The molecule has 0 aromatic rings. The number of nitriles is 1. The van der Waals surface area contributed by atoms with Gasteiger partial charge in [-0.3, -0.25) is 0 Å². The van der Waals surface area contributed by atoms with Crippen LogP contribution in [0.3, 0.4) is 0 Å². The fraction of sp³-hybridized carbons (Fsp3) is 0.842. The number of nitrogens with zero attached hydrogens (tertiary/aromatic N) is 2. The molecule has 0 spiro atoms. The molecular formula is C19H37N5. The molecule has 1 aliphatic heterocycles. The number of hydrogen-bond donors (Lipinski definition) is 3. The van der Waals surface area contributed by atoms with Gasteiger partial charge in [-0.05, 0) is 59.2 Å². The Kier molecular flexibility index (Phi) is 10.2. The lowest BCUT2D eigenvalue weighted by molar-refractivity contribution is 0.298. The molecule has 0 saturated carbocycles. The molecule has 2 unspecified atom stereocenters. The van der Waals surface area contributed by atoms with Gasteiger partial charge in [-0.1, -0.05) is 18.6 Å². The van der Waals surface area contributed by atoms with Gasteiger partial charge >= 0.3 is 0 Å². The molecule has 0 saturated heterocycles. The highest BCUT2D eigenvalue weighted by atomic mass is 15.1. The van der Waals surface area contributed by atoms with Crippen molar-refractivity contribution in [3.63, 3.8) is 0 Å². The van der Waals surface area contributed by atoms with Gasteiger partial charge in [-0.15, -0.1) is 0 Å². The summed E-state index contributed by atoms with van der Waals surface area (Å²) in [5.41, 5.74) is 7.61. The lowest BCUT2D eigenvalue weighted by atomic mass is 9.90. The van der Waals surface area contributed by atoms with E-state index in [4.69, 9.17) is 11.0 Å². The third kappa shape index (κ3) is 7.31. The molecule has 0 amide bonds. The van der Waals surface area contributed by atoms with E-state index < -0.39 is 0 Å². The Labute approximate surface area is 148 Å². The predicted molar refractivity (Wildman–Crippen MR) is 102 cm³/mol. The van der Waals surface area contributed by atoms with E-state index in [0.29, 0.717) is 6.54 Å². The Morgan fingerprint density at radius 1 is 1.46 bits per heavy atom. The summed E-state index contributed by atoms with van der Waals surface area (Å²) in [5.74, 6) is 0.108. The summed E-state index contributed by atoms with van der Waals surface area (Å²) < 4.78 is 0. The van der Waals surface area contributed by atoms with Gasteiger partial charge in [0.1, 0.15) is 0 Å². The van der Waals surface area contributed by atoms with Gasteiger partial charge in [0.05, 0.1) is 6.07 Å². The van der Waals surface area contributed by atoms with Crippen LogP contribution < -0.4 is 16.4 Å². The van der Waals surface area contributed by atoms with Crippen molar-refractivity contribution in [3.05, 3.63) is 11.6 Å². The highest BCUT2D eigenvalue weighted by Crippen LogP contribution is 2.20. The molecule has 138 valence electrons. The summed E-state index contributed by atoms with van der Waals surface area (Å²) in [4.78, 5) is 2.52. The van der Waals surface area contributed by atoms with Crippen molar-refractivity contribution in [1.29, 1.82) is 5.26 Å². The van der Waals surface area contributed by atoms with Crippen LogP contribution in [0.1, 0.15) is 46.0 Å². The molecular weight excluding hydrogens is 298 g/mol. The fourth-order valence-corrected chi connectivity index (χ4v) is 3.20.